The number of aromatic nitrogens is 1. The lowest BCUT2D eigenvalue weighted by molar-refractivity contribution is 0.426. The molecule has 0 radical (unpaired) electrons. The van der Waals surface area contributed by atoms with Crippen LogP contribution in [0, 0.1) is 0 Å². The van der Waals surface area contributed by atoms with Gasteiger partial charge in [0.05, 0.1) is 11.0 Å². The highest BCUT2D eigenvalue weighted by Gasteiger charge is 2.20. The molecule has 3 aromatic heterocycles. The third-order valence-corrected chi connectivity index (χ3v) is 8.52. The summed E-state index contributed by atoms with van der Waals surface area (Å²) in [6, 6.07) is 33.2. The van der Waals surface area contributed by atoms with Crippen molar-refractivity contribution >= 4 is 87.8 Å². The molecule has 8 rings (SSSR count). The van der Waals surface area contributed by atoms with E-state index in [-0.39, 0.29) is 0 Å². The number of benzene rings is 5. The molecule has 6 heteroatoms. The van der Waals surface area contributed by atoms with Crippen LogP contribution in [0.2, 0.25) is 0 Å². The van der Waals surface area contributed by atoms with Crippen molar-refractivity contribution in [2.45, 2.75) is 0 Å². The van der Waals surface area contributed by atoms with Gasteiger partial charge in [0, 0.05) is 48.1 Å². The van der Waals surface area contributed by atoms with E-state index < -0.39 is 7.12 Å². The molecule has 3 heterocycles. The van der Waals surface area contributed by atoms with Crippen LogP contribution in [-0.4, -0.2) is 21.7 Å². The van der Waals surface area contributed by atoms with Gasteiger partial charge in [0.2, 0.25) is 0 Å². The Morgan fingerprint density at radius 1 is 0.611 bits per heavy atom. The van der Waals surface area contributed by atoms with Gasteiger partial charge in [-0.1, -0.05) is 54.6 Å². The largest absolute Gasteiger partial charge is 0.489 e. The first-order valence-corrected chi connectivity index (χ1v) is 12.7. The third kappa shape index (κ3) is 2.61. The predicted molar refractivity (Wildman–Crippen MR) is 151 cm³/mol. The maximum atomic E-state index is 9.90. The molecule has 0 fully saturated rings. The fourth-order valence-electron chi connectivity index (χ4n) is 5.67. The van der Waals surface area contributed by atoms with Gasteiger partial charge < -0.3 is 19.0 Å². The van der Waals surface area contributed by atoms with Gasteiger partial charge in [-0.3, -0.25) is 0 Å². The van der Waals surface area contributed by atoms with E-state index in [4.69, 9.17) is 4.42 Å². The van der Waals surface area contributed by atoms with E-state index in [1.165, 1.54) is 10.8 Å². The fraction of sp³-hybridized carbons (Fsp3) is 0. The van der Waals surface area contributed by atoms with Gasteiger partial charge in [0.25, 0.3) is 0 Å². The standard InChI is InChI=1S/C30H18BNO3S/c33-31(34)23-9-5-8-20-21-14-15-26-28(30(21)36-29(20)23)22-13-12-17(16-27(22)35-26)32-24-10-3-1-6-18(24)19-7-2-4-11-25(19)32/h1-16,33-34H. The summed E-state index contributed by atoms with van der Waals surface area (Å²) in [6.07, 6.45) is 0. The second kappa shape index (κ2) is 7.21. The first kappa shape index (κ1) is 20.1. The molecule has 5 aromatic carbocycles. The fourth-order valence-corrected chi connectivity index (χ4v) is 7.05. The van der Waals surface area contributed by atoms with Crippen molar-refractivity contribution in [2.75, 3.05) is 0 Å². The first-order valence-electron chi connectivity index (χ1n) is 11.8. The third-order valence-electron chi connectivity index (χ3n) is 7.23. The molecule has 0 aliphatic heterocycles. The highest BCUT2D eigenvalue weighted by molar-refractivity contribution is 7.28. The number of para-hydroxylation sites is 2. The molecule has 0 unspecified atom stereocenters. The second-order valence-electron chi connectivity index (χ2n) is 9.17. The van der Waals surface area contributed by atoms with Gasteiger partial charge in [-0.05, 0) is 47.2 Å². The van der Waals surface area contributed by atoms with E-state index in [1.54, 1.807) is 17.4 Å². The van der Waals surface area contributed by atoms with E-state index in [1.807, 2.05) is 18.2 Å². The summed E-state index contributed by atoms with van der Waals surface area (Å²) in [4.78, 5) is 0. The van der Waals surface area contributed by atoms with E-state index in [0.717, 1.165) is 58.8 Å². The number of fused-ring (bicyclic) bond motifs is 10. The molecule has 36 heavy (non-hydrogen) atoms. The van der Waals surface area contributed by atoms with Crippen LogP contribution in [0.3, 0.4) is 0 Å². The minimum absolute atomic E-state index is 0.531. The molecule has 0 amide bonds. The summed E-state index contributed by atoms with van der Waals surface area (Å²) in [5.74, 6) is 0. The zero-order valence-electron chi connectivity index (χ0n) is 19.0. The molecule has 0 spiro atoms. The summed E-state index contributed by atoms with van der Waals surface area (Å²) >= 11 is 1.59. The van der Waals surface area contributed by atoms with E-state index >= 15 is 0 Å². The van der Waals surface area contributed by atoms with Crippen molar-refractivity contribution in [1.29, 1.82) is 0 Å². The Morgan fingerprint density at radius 2 is 1.28 bits per heavy atom. The van der Waals surface area contributed by atoms with Crippen LogP contribution >= 0.6 is 11.3 Å². The minimum atomic E-state index is -1.51. The van der Waals surface area contributed by atoms with Crippen LogP contribution in [0.1, 0.15) is 0 Å². The van der Waals surface area contributed by atoms with E-state index in [0.29, 0.717) is 5.46 Å². The van der Waals surface area contributed by atoms with Crippen molar-refractivity contribution in [3.63, 3.8) is 0 Å². The lowest BCUT2D eigenvalue weighted by Crippen LogP contribution is -2.29. The molecule has 0 saturated carbocycles. The second-order valence-corrected chi connectivity index (χ2v) is 10.2. The lowest BCUT2D eigenvalue weighted by atomic mass is 9.80. The van der Waals surface area contributed by atoms with E-state index in [9.17, 15) is 10.0 Å². The van der Waals surface area contributed by atoms with E-state index in [2.05, 4.69) is 77.4 Å². The van der Waals surface area contributed by atoms with Gasteiger partial charge in [-0.15, -0.1) is 11.3 Å². The van der Waals surface area contributed by atoms with Crippen LogP contribution in [-0.2, 0) is 0 Å². The molecule has 0 bridgehead atoms. The Balaban J connectivity index is 1.43. The number of thiophene rings is 1. The number of hydrogen-bond acceptors (Lipinski definition) is 4. The molecular formula is C30H18BNO3S. The van der Waals surface area contributed by atoms with Crippen molar-refractivity contribution < 1.29 is 14.5 Å². The molecule has 0 atom stereocenters. The normalized spacial score (nSPS) is 12.2. The molecule has 0 aliphatic rings. The molecule has 4 nitrogen and oxygen atoms in total. The van der Waals surface area contributed by atoms with Gasteiger partial charge in [-0.25, -0.2) is 0 Å². The number of furan rings is 1. The zero-order chi connectivity index (χ0) is 24.0. The number of rotatable bonds is 2. The highest BCUT2D eigenvalue weighted by atomic mass is 32.1. The Bertz CT molecular complexity index is 2100. The van der Waals surface area contributed by atoms with Gasteiger partial charge in [-0.2, -0.15) is 0 Å². The quantitative estimate of drug-likeness (QED) is 0.268. The lowest BCUT2D eigenvalue weighted by Gasteiger charge is -2.07. The SMILES string of the molecule is OB(O)c1cccc2c1sc1c2ccc2oc3cc(-n4c5ccccc5c5ccccc54)ccc3c21. The van der Waals surface area contributed by atoms with Crippen molar-refractivity contribution in [1.82, 2.24) is 4.57 Å². The summed E-state index contributed by atoms with van der Waals surface area (Å²) < 4.78 is 10.7. The molecule has 8 aromatic rings. The van der Waals surface area contributed by atoms with Gasteiger partial charge in [0.15, 0.2) is 0 Å². The van der Waals surface area contributed by atoms with Crippen LogP contribution in [0.15, 0.2) is 101 Å². The summed E-state index contributed by atoms with van der Waals surface area (Å²) in [6.45, 7) is 0. The molecule has 0 saturated heterocycles. The molecule has 2 N–H and O–H groups in total. The maximum Gasteiger partial charge on any atom is 0.489 e. The smallest absolute Gasteiger partial charge is 0.456 e. The van der Waals surface area contributed by atoms with Gasteiger partial charge >= 0.3 is 7.12 Å². The predicted octanol–water partition coefficient (Wildman–Crippen LogP) is 6.73. The van der Waals surface area contributed by atoms with Crippen LogP contribution in [0.25, 0.3) is 69.6 Å². The Kier molecular flexibility index (Phi) is 4.03. The topological polar surface area (TPSA) is 58.5 Å². The minimum Gasteiger partial charge on any atom is -0.456 e. The molecule has 170 valence electrons. The van der Waals surface area contributed by atoms with Crippen molar-refractivity contribution in [3.8, 4) is 5.69 Å². The zero-order valence-corrected chi connectivity index (χ0v) is 19.8. The number of hydrogen-bond donors (Lipinski definition) is 2. The average Bonchev–Trinajstić information content (AvgIpc) is 3.57. The Labute approximate surface area is 209 Å². The van der Waals surface area contributed by atoms with Crippen LogP contribution < -0.4 is 5.46 Å². The van der Waals surface area contributed by atoms with Crippen LogP contribution in [0.5, 0.6) is 0 Å². The summed E-state index contributed by atoms with van der Waals surface area (Å²) in [5, 5.41) is 26.5. The van der Waals surface area contributed by atoms with Crippen molar-refractivity contribution in [3.05, 3.63) is 97.1 Å². The maximum absolute atomic E-state index is 9.90. The Hall–Kier alpha value is -4.10. The first-order chi connectivity index (χ1) is 17.7. The molecule has 0 aliphatic carbocycles. The van der Waals surface area contributed by atoms with Crippen LogP contribution in [0.4, 0.5) is 0 Å². The average molecular weight is 483 g/mol. The Morgan fingerprint density at radius 3 is 2.03 bits per heavy atom. The van der Waals surface area contributed by atoms with Crippen molar-refractivity contribution in [2.24, 2.45) is 0 Å². The highest BCUT2D eigenvalue weighted by Crippen LogP contribution is 2.42. The number of nitrogens with zero attached hydrogens (tertiary/aromatic N) is 1. The van der Waals surface area contributed by atoms with Gasteiger partial charge in [0.1, 0.15) is 11.2 Å². The monoisotopic (exact) mass is 483 g/mol. The summed E-state index contributed by atoms with van der Waals surface area (Å²) in [5.41, 5.74) is 5.57. The summed E-state index contributed by atoms with van der Waals surface area (Å²) in [7, 11) is -1.51. The molecular weight excluding hydrogens is 465 g/mol.